The molecule has 0 atom stereocenters. The lowest BCUT2D eigenvalue weighted by Crippen LogP contribution is -2.41. The third kappa shape index (κ3) is 5.61. The molecule has 4 nitrogen and oxygen atoms in total. The van der Waals surface area contributed by atoms with E-state index in [-0.39, 0.29) is 18.2 Å². The van der Waals surface area contributed by atoms with Crippen LogP contribution in [0, 0.1) is 5.92 Å². The van der Waals surface area contributed by atoms with Gasteiger partial charge in [-0.15, -0.1) is 0 Å². The normalized spacial score (nSPS) is 18.6. The number of hydrogen-bond donors (Lipinski definition) is 0. The fourth-order valence-electron chi connectivity index (χ4n) is 4.13. The Hall–Kier alpha value is -2.15. The first-order valence-electron chi connectivity index (χ1n) is 10.8. The number of carbonyl (C=O) groups excluding carboxylic acids is 2. The van der Waals surface area contributed by atoms with E-state index in [1.165, 1.54) is 22.2 Å². The molecule has 0 saturated carbocycles. The van der Waals surface area contributed by atoms with Crippen LogP contribution < -0.4 is 0 Å². The van der Waals surface area contributed by atoms with Crippen LogP contribution in [0.15, 0.2) is 59.5 Å². The highest BCUT2D eigenvalue weighted by Gasteiger charge is 2.33. The highest BCUT2D eigenvalue weighted by Crippen LogP contribution is 2.34. The van der Waals surface area contributed by atoms with E-state index in [0.717, 1.165) is 37.9 Å². The number of piperidine rings is 1. The van der Waals surface area contributed by atoms with E-state index in [1.54, 1.807) is 12.1 Å². The van der Waals surface area contributed by atoms with Gasteiger partial charge in [-0.05, 0) is 48.4 Å². The average Bonchev–Trinajstić information content (AvgIpc) is 3.07. The number of amides is 2. The number of thioether (sulfide) groups is 1. The Morgan fingerprint density at radius 2 is 1.78 bits per heavy atom. The minimum Gasteiger partial charge on any atom is -0.343 e. The molecular weight excluding hydrogens is 460 g/mol. The van der Waals surface area contributed by atoms with Crippen LogP contribution in [0.4, 0.5) is 0 Å². The zero-order valence-electron chi connectivity index (χ0n) is 17.7. The van der Waals surface area contributed by atoms with Gasteiger partial charge in [-0.25, -0.2) is 0 Å². The Morgan fingerprint density at radius 1 is 1.09 bits per heavy atom. The maximum Gasteiger partial charge on any atom is 0.266 e. The van der Waals surface area contributed by atoms with Gasteiger partial charge in [0.1, 0.15) is 4.32 Å². The largest absolute Gasteiger partial charge is 0.343 e. The molecule has 2 aromatic carbocycles. The minimum atomic E-state index is -0.158. The van der Waals surface area contributed by atoms with Crippen molar-refractivity contribution in [2.45, 2.75) is 25.7 Å². The van der Waals surface area contributed by atoms with Gasteiger partial charge in [0.2, 0.25) is 5.91 Å². The highest BCUT2D eigenvalue weighted by molar-refractivity contribution is 8.26. The molecular formula is C25H25ClN2O2S2. The molecule has 0 N–H and O–H groups in total. The summed E-state index contributed by atoms with van der Waals surface area (Å²) in [6, 6.07) is 17.9. The summed E-state index contributed by atoms with van der Waals surface area (Å²) in [5.41, 5.74) is 2.14. The molecule has 0 radical (unpaired) electrons. The molecule has 0 unspecified atom stereocenters. The predicted molar refractivity (Wildman–Crippen MR) is 135 cm³/mol. The average molecular weight is 485 g/mol. The summed E-state index contributed by atoms with van der Waals surface area (Å²) in [5, 5.41) is 0.587. The number of benzene rings is 2. The van der Waals surface area contributed by atoms with Gasteiger partial charge in [-0.1, -0.05) is 84.1 Å². The topological polar surface area (TPSA) is 40.6 Å². The smallest absolute Gasteiger partial charge is 0.266 e. The molecule has 2 heterocycles. The zero-order chi connectivity index (χ0) is 22.5. The van der Waals surface area contributed by atoms with E-state index in [2.05, 4.69) is 24.3 Å². The van der Waals surface area contributed by atoms with Crippen molar-refractivity contribution < 1.29 is 9.59 Å². The molecule has 7 heteroatoms. The van der Waals surface area contributed by atoms with Gasteiger partial charge in [0.25, 0.3) is 5.91 Å². The van der Waals surface area contributed by atoms with Gasteiger partial charge in [0.05, 0.1) is 4.91 Å². The van der Waals surface area contributed by atoms with Crippen LogP contribution in [0.25, 0.3) is 6.08 Å². The summed E-state index contributed by atoms with van der Waals surface area (Å²) in [6.07, 6.45) is 5.15. The summed E-state index contributed by atoms with van der Waals surface area (Å²) in [6.45, 7) is 1.87. The molecule has 32 heavy (non-hydrogen) atoms. The van der Waals surface area contributed by atoms with Crippen molar-refractivity contribution in [2.24, 2.45) is 5.92 Å². The maximum atomic E-state index is 12.8. The second-order valence-electron chi connectivity index (χ2n) is 8.12. The van der Waals surface area contributed by atoms with Crippen LogP contribution in [0.1, 0.15) is 30.4 Å². The predicted octanol–water partition coefficient (Wildman–Crippen LogP) is 5.41. The summed E-state index contributed by atoms with van der Waals surface area (Å²) in [5.74, 6) is 0.546. The van der Waals surface area contributed by atoms with E-state index in [1.807, 2.05) is 29.2 Å². The summed E-state index contributed by atoms with van der Waals surface area (Å²) >= 11 is 12.9. The first kappa shape index (κ1) is 23.0. The Bertz CT molecular complexity index is 1030. The van der Waals surface area contributed by atoms with Crippen LogP contribution in [0.2, 0.25) is 5.02 Å². The molecule has 0 spiro atoms. The second-order valence-corrected chi connectivity index (χ2v) is 10.2. The highest BCUT2D eigenvalue weighted by atomic mass is 35.5. The van der Waals surface area contributed by atoms with Crippen LogP contribution in [-0.2, 0) is 16.0 Å². The number of nitrogens with zero attached hydrogens (tertiary/aromatic N) is 2. The Morgan fingerprint density at radius 3 is 2.50 bits per heavy atom. The van der Waals surface area contributed by atoms with Gasteiger partial charge in [0.15, 0.2) is 0 Å². The second kappa shape index (κ2) is 10.6. The van der Waals surface area contributed by atoms with E-state index < -0.39 is 0 Å². The van der Waals surface area contributed by atoms with Gasteiger partial charge >= 0.3 is 0 Å². The monoisotopic (exact) mass is 484 g/mol. The van der Waals surface area contributed by atoms with Crippen LogP contribution >= 0.6 is 35.6 Å². The van der Waals surface area contributed by atoms with Gasteiger partial charge in [-0.2, -0.15) is 0 Å². The first-order valence-corrected chi connectivity index (χ1v) is 12.4. The van der Waals surface area contributed by atoms with Crippen molar-refractivity contribution in [3.05, 3.63) is 75.7 Å². The van der Waals surface area contributed by atoms with Crippen molar-refractivity contribution in [1.82, 2.24) is 9.80 Å². The molecule has 2 fully saturated rings. The van der Waals surface area contributed by atoms with Crippen LogP contribution in [0.5, 0.6) is 0 Å². The Balaban J connectivity index is 1.27. The zero-order valence-corrected chi connectivity index (χ0v) is 20.1. The third-order valence-corrected chi connectivity index (χ3v) is 7.67. The van der Waals surface area contributed by atoms with Crippen molar-refractivity contribution in [3.63, 3.8) is 0 Å². The number of carbonyl (C=O) groups is 2. The summed E-state index contributed by atoms with van der Waals surface area (Å²) in [4.78, 5) is 29.6. The number of thiocarbonyl (C=S) groups is 1. The Kier molecular flexibility index (Phi) is 7.66. The van der Waals surface area contributed by atoms with Crippen LogP contribution in [-0.4, -0.2) is 45.6 Å². The fourth-order valence-corrected chi connectivity index (χ4v) is 5.62. The SMILES string of the molecule is O=C(CCN1C(=O)/C(=C/c2ccccc2Cl)SC1=S)N1CCC(Cc2ccccc2)CC1. The lowest BCUT2D eigenvalue weighted by Gasteiger charge is -2.32. The lowest BCUT2D eigenvalue weighted by molar-refractivity contribution is -0.133. The molecule has 4 rings (SSSR count). The number of hydrogen-bond acceptors (Lipinski definition) is 4. The molecule has 2 aliphatic heterocycles. The van der Waals surface area contributed by atoms with Crippen molar-refractivity contribution in [2.75, 3.05) is 19.6 Å². The fraction of sp³-hybridized carbons (Fsp3) is 0.320. The lowest BCUT2D eigenvalue weighted by atomic mass is 9.90. The number of likely N-dealkylation sites (tertiary alicyclic amines) is 1. The van der Waals surface area contributed by atoms with E-state index >= 15 is 0 Å². The first-order chi connectivity index (χ1) is 15.5. The van der Waals surface area contributed by atoms with Gasteiger partial charge in [0, 0.05) is 31.1 Å². The summed E-state index contributed by atoms with van der Waals surface area (Å²) < 4.78 is 0.489. The van der Waals surface area contributed by atoms with Crippen molar-refractivity contribution in [1.29, 1.82) is 0 Å². The van der Waals surface area contributed by atoms with Crippen molar-refractivity contribution >= 4 is 57.8 Å². The maximum absolute atomic E-state index is 12.8. The number of rotatable bonds is 6. The van der Waals surface area contributed by atoms with E-state index in [9.17, 15) is 9.59 Å². The molecule has 0 bridgehead atoms. The Labute approximate surface area is 203 Å². The molecule has 2 amide bonds. The van der Waals surface area contributed by atoms with Gasteiger partial charge < -0.3 is 4.90 Å². The molecule has 2 aromatic rings. The molecule has 2 saturated heterocycles. The molecule has 0 aliphatic carbocycles. The third-order valence-electron chi connectivity index (χ3n) is 5.95. The van der Waals surface area contributed by atoms with E-state index in [0.29, 0.717) is 26.7 Å². The standard InChI is InChI=1S/C25H25ClN2O2S2/c26-21-9-5-4-8-20(21)17-22-24(30)28(25(31)32-22)15-12-23(29)27-13-10-19(11-14-27)16-18-6-2-1-3-7-18/h1-9,17,19H,10-16H2/b22-17-. The van der Waals surface area contributed by atoms with Crippen LogP contribution in [0.3, 0.4) is 0 Å². The van der Waals surface area contributed by atoms with Gasteiger partial charge in [-0.3, -0.25) is 14.5 Å². The van der Waals surface area contributed by atoms with Crippen molar-refractivity contribution in [3.8, 4) is 0 Å². The minimum absolute atomic E-state index is 0.0901. The number of halogens is 1. The molecule has 166 valence electrons. The van der Waals surface area contributed by atoms with E-state index in [4.69, 9.17) is 23.8 Å². The molecule has 2 aliphatic rings. The summed E-state index contributed by atoms with van der Waals surface area (Å²) in [7, 11) is 0. The molecule has 0 aromatic heterocycles. The quantitative estimate of drug-likeness (QED) is 0.406.